The van der Waals surface area contributed by atoms with E-state index in [-0.39, 0.29) is 5.63 Å². The summed E-state index contributed by atoms with van der Waals surface area (Å²) in [4.78, 5) is 12.4. The van der Waals surface area contributed by atoms with Crippen molar-refractivity contribution in [2.24, 2.45) is 0 Å². The molecule has 0 saturated carbocycles. The first-order chi connectivity index (χ1) is 17.4. The van der Waals surface area contributed by atoms with E-state index >= 15 is 0 Å². The van der Waals surface area contributed by atoms with Gasteiger partial charge in [0.15, 0.2) is 11.0 Å². The van der Waals surface area contributed by atoms with Crippen LogP contribution in [0.2, 0.25) is 0 Å². The van der Waals surface area contributed by atoms with Crippen molar-refractivity contribution in [2.45, 2.75) is 38.6 Å². The summed E-state index contributed by atoms with van der Waals surface area (Å²) in [6, 6.07) is 21.8. The van der Waals surface area contributed by atoms with E-state index in [0.717, 1.165) is 55.6 Å². The number of rotatable bonds is 7. The van der Waals surface area contributed by atoms with Crippen LogP contribution in [0.1, 0.15) is 29.2 Å². The average molecular weight is 498 g/mol. The van der Waals surface area contributed by atoms with E-state index in [9.17, 15) is 4.79 Å². The van der Waals surface area contributed by atoms with Crippen molar-refractivity contribution >= 4 is 22.7 Å². The monoisotopic (exact) mass is 497 g/mol. The lowest BCUT2D eigenvalue weighted by atomic mass is 10.0. The molecule has 5 aromatic rings. The van der Waals surface area contributed by atoms with Crippen LogP contribution in [0.25, 0.3) is 28.0 Å². The van der Waals surface area contributed by atoms with Crippen molar-refractivity contribution < 1.29 is 9.15 Å². The van der Waals surface area contributed by atoms with E-state index in [1.807, 2.05) is 63.2 Å². The lowest BCUT2D eigenvalue weighted by Gasteiger charge is -2.12. The van der Waals surface area contributed by atoms with Gasteiger partial charge in [0.2, 0.25) is 0 Å². The summed E-state index contributed by atoms with van der Waals surface area (Å²) in [5.41, 5.74) is 6.35. The molecule has 2 heterocycles. The highest BCUT2D eigenvalue weighted by molar-refractivity contribution is 7.98. The van der Waals surface area contributed by atoms with Crippen LogP contribution in [-0.4, -0.2) is 21.4 Å². The summed E-state index contributed by atoms with van der Waals surface area (Å²) < 4.78 is 13.2. The summed E-state index contributed by atoms with van der Waals surface area (Å²) in [6.45, 7) is 8.64. The molecule has 5 rings (SSSR count). The number of thioether (sulfide) groups is 1. The van der Waals surface area contributed by atoms with Crippen molar-refractivity contribution in [1.82, 2.24) is 14.8 Å². The maximum absolute atomic E-state index is 12.4. The number of hydrogen-bond acceptors (Lipinski definition) is 6. The highest BCUT2D eigenvalue weighted by atomic mass is 32.2. The molecule has 0 amide bonds. The predicted molar refractivity (Wildman–Crippen MR) is 144 cm³/mol. The van der Waals surface area contributed by atoms with Crippen LogP contribution < -0.4 is 10.4 Å². The van der Waals surface area contributed by atoms with Gasteiger partial charge in [-0.05, 0) is 74.7 Å². The van der Waals surface area contributed by atoms with Gasteiger partial charge in [0.05, 0.1) is 6.61 Å². The van der Waals surface area contributed by atoms with Gasteiger partial charge < -0.3 is 9.15 Å². The molecular weight excluding hydrogens is 470 g/mol. The Kier molecular flexibility index (Phi) is 6.65. The summed E-state index contributed by atoms with van der Waals surface area (Å²) >= 11 is 1.54. The van der Waals surface area contributed by atoms with E-state index in [0.29, 0.717) is 17.9 Å². The van der Waals surface area contributed by atoms with Gasteiger partial charge in [-0.25, -0.2) is 4.79 Å². The summed E-state index contributed by atoms with van der Waals surface area (Å²) in [5, 5.41) is 10.8. The van der Waals surface area contributed by atoms with Gasteiger partial charge in [-0.3, -0.25) is 4.57 Å². The third kappa shape index (κ3) is 4.66. The topological polar surface area (TPSA) is 70.2 Å². The average Bonchev–Trinajstić information content (AvgIpc) is 3.30. The van der Waals surface area contributed by atoms with Crippen molar-refractivity contribution in [2.75, 3.05) is 6.61 Å². The minimum atomic E-state index is -0.347. The fourth-order valence-electron chi connectivity index (χ4n) is 4.21. The number of ether oxygens (including phenoxy) is 1. The van der Waals surface area contributed by atoms with Crippen LogP contribution >= 0.6 is 11.8 Å². The molecule has 7 heteroatoms. The number of fused-ring (bicyclic) bond motifs is 1. The van der Waals surface area contributed by atoms with Gasteiger partial charge in [-0.2, -0.15) is 0 Å². The van der Waals surface area contributed by atoms with Crippen LogP contribution in [0, 0.1) is 20.8 Å². The molecule has 0 bridgehead atoms. The molecule has 6 nitrogen and oxygen atoms in total. The summed E-state index contributed by atoms with van der Waals surface area (Å²) in [7, 11) is 0. The Morgan fingerprint density at radius 3 is 2.53 bits per heavy atom. The predicted octanol–water partition coefficient (Wildman–Crippen LogP) is 6.66. The molecule has 0 radical (unpaired) electrons. The molecule has 0 fully saturated rings. The molecule has 0 aliphatic rings. The van der Waals surface area contributed by atoms with Crippen LogP contribution in [0.15, 0.2) is 81.1 Å². The lowest BCUT2D eigenvalue weighted by Crippen LogP contribution is -2.03. The molecule has 182 valence electrons. The number of aromatic nitrogens is 3. The van der Waals surface area contributed by atoms with Crippen molar-refractivity contribution in [1.29, 1.82) is 0 Å². The number of aryl methyl sites for hydroxylation is 3. The first-order valence-corrected chi connectivity index (χ1v) is 12.8. The van der Waals surface area contributed by atoms with E-state index < -0.39 is 0 Å². The SMILES string of the molecule is CCOc1ccc(-n2c(SCc3cc(=O)oc4c(C)c(C)ccc34)nnc2-c2cccc(C)c2)cc1. The highest BCUT2D eigenvalue weighted by Crippen LogP contribution is 2.33. The molecule has 36 heavy (non-hydrogen) atoms. The second kappa shape index (κ2) is 10.0. The minimum Gasteiger partial charge on any atom is -0.494 e. The fraction of sp³-hybridized carbons (Fsp3) is 0.207. The van der Waals surface area contributed by atoms with Crippen molar-refractivity contribution in [3.63, 3.8) is 0 Å². The van der Waals surface area contributed by atoms with Crippen LogP contribution in [0.4, 0.5) is 0 Å². The standard InChI is InChI=1S/C29H27N3O3S/c1-5-34-24-12-10-23(11-13-24)32-28(21-8-6-7-18(2)15-21)30-31-29(32)36-17-22-16-26(33)35-27-20(4)19(3)9-14-25(22)27/h6-16H,5,17H2,1-4H3. The zero-order chi connectivity index (χ0) is 25.2. The lowest BCUT2D eigenvalue weighted by molar-refractivity contribution is 0.340. The van der Waals surface area contributed by atoms with Gasteiger partial charge in [0, 0.05) is 28.5 Å². The van der Waals surface area contributed by atoms with Crippen LogP contribution in [0.3, 0.4) is 0 Å². The molecule has 0 aliphatic heterocycles. The van der Waals surface area contributed by atoms with E-state index in [2.05, 4.69) is 39.9 Å². The third-order valence-corrected chi connectivity index (χ3v) is 7.17. The Hall–Kier alpha value is -3.84. The normalized spacial score (nSPS) is 11.2. The minimum absolute atomic E-state index is 0.347. The first kappa shape index (κ1) is 23.9. The zero-order valence-corrected chi connectivity index (χ0v) is 21.6. The van der Waals surface area contributed by atoms with E-state index in [1.54, 1.807) is 17.8 Å². The molecule has 0 N–H and O–H groups in total. The molecule has 0 saturated heterocycles. The number of benzene rings is 3. The quantitative estimate of drug-likeness (QED) is 0.185. The molecule has 3 aromatic carbocycles. The second-order valence-corrected chi connectivity index (χ2v) is 9.64. The highest BCUT2D eigenvalue weighted by Gasteiger charge is 2.18. The maximum Gasteiger partial charge on any atom is 0.336 e. The molecule has 0 unspecified atom stereocenters. The van der Waals surface area contributed by atoms with Crippen LogP contribution in [-0.2, 0) is 5.75 Å². The van der Waals surface area contributed by atoms with E-state index in [4.69, 9.17) is 9.15 Å². The smallest absolute Gasteiger partial charge is 0.336 e. The first-order valence-electron chi connectivity index (χ1n) is 11.9. The Labute approximate surface area is 214 Å². The second-order valence-electron chi connectivity index (χ2n) is 8.70. The number of hydrogen-bond donors (Lipinski definition) is 0. The summed E-state index contributed by atoms with van der Waals surface area (Å²) in [5.74, 6) is 2.12. The van der Waals surface area contributed by atoms with Gasteiger partial charge >= 0.3 is 5.63 Å². The van der Waals surface area contributed by atoms with Gasteiger partial charge in [0.1, 0.15) is 11.3 Å². The van der Waals surface area contributed by atoms with Gasteiger partial charge in [-0.1, -0.05) is 47.7 Å². The van der Waals surface area contributed by atoms with E-state index in [1.165, 1.54) is 0 Å². The fourth-order valence-corrected chi connectivity index (χ4v) is 5.15. The van der Waals surface area contributed by atoms with Crippen molar-refractivity contribution in [3.05, 3.63) is 99.4 Å². The number of nitrogens with zero attached hydrogens (tertiary/aromatic N) is 3. The molecule has 0 aliphatic carbocycles. The molecule has 2 aromatic heterocycles. The summed E-state index contributed by atoms with van der Waals surface area (Å²) in [6.07, 6.45) is 0. The Balaban J connectivity index is 1.57. The third-order valence-electron chi connectivity index (χ3n) is 6.19. The van der Waals surface area contributed by atoms with Gasteiger partial charge in [0.25, 0.3) is 0 Å². The molecule has 0 atom stereocenters. The Morgan fingerprint density at radius 2 is 1.78 bits per heavy atom. The van der Waals surface area contributed by atoms with Gasteiger partial charge in [-0.15, -0.1) is 10.2 Å². The van der Waals surface area contributed by atoms with Crippen molar-refractivity contribution in [3.8, 4) is 22.8 Å². The Bertz CT molecular complexity index is 1600. The van der Waals surface area contributed by atoms with Crippen LogP contribution in [0.5, 0.6) is 5.75 Å². The molecular formula is C29H27N3O3S. The molecule has 0 spiro atoms. The largest absolute Gasteiger partial charge is 0.494 e. The maximum atomic E-state index is 12.4. The zero-order valence-electron chi connectivity index (χ0n) is 20.7. The Morgan fingerprint density at radius 1 is 0.972 bits per heavy atom.